The predicted molar refractivity (Wildman–Crippen MR) is 110 cm³/mol. The summed E-state index contributed by atoms with van der Waals surface area (Å²) in [6.07, 6.45) is 3.02. The number of likely N-dealkylation sites (tertiary alicyclic amines) is 1. The number of anilines is 1. The third-order valence-electron chi connectivity index (χ3n) is 5.84. The molecule has 2 amide bonds. The molecule has 0 atom stereocenters. The second kappa shape index (κ2) is 8.33. The van der Waals surface area contributed by atoms with Gasteiger partial charge in [0.05, 0.1) is 5.56 Å². The summed E-state index contributed by atoms with van der Waals surface area (Å²) in [5.41, 5.74) is 3.90. The maximum Gasteiger partial charge on any atom is 0.254 e. The number of hydrogen-bond donors (Lipinski definition) is 2. The van der Waals surface area contributed by atoms with E-state index >= 15 is 0 Å². The Hall–Kier alpha value is -2.73. The minimum atomic E-state index is -0.443. The summed E-state index contributed by atoms with van der Waals surface area (Å²) in [6.45, 7) is 4.21. The Labute approximate surface area is 170 Å². The smallest absolute Gasteiger partial charge is 0.254 e. The average Bonchev–Trinajstić information content (AvgIpc) is 2.71. The Morgan fingerprint density at radius 1 is 1.21 bits per heavy atom. The van der Waals surface area contributed by atoms with Crippen molar-refractivity contribution in [2.45, 2.75) is 45.2 Å². The topological polar surface area (TPSA) is 61.4 Å². The minimum Gasteiger partial charge on any atom is -0.349 e. The van der Waals surface area contributed by atoms with Gasteiger partial charge in [0.1, 0.15) is 5.82 Å². The van der Waals surface area contributed by atoms with E-state index in [1.807, 2.05) is 0 Å². The maximum atomic E-state index is 14.2. The molecule has 1 saturated heterocycles. The fraction of sp³-hybridized carbons (Fsp3) is 0.391. The van der Waals surface area contributed by atoms with Gasteiger partial charge in [-0.3, -0.25) is 14.5 Å². The lowest BCUT2D eigenvalue weighted by Crippen LogP contribution is -2.44. The van der Waals surface area contributed by atoms with Crippen molar-refractivity contribution >= 4 is 17.5 Å². The minimum absolute atomic E-state index is 0.0569. The van der Waals surface area contributed by atoms with Gasteiger partial charge < -0.3 is 10.6 Å². The summed E-state index contributed by atoms with van der Waals surface area (Å²) < 4.78 is 14.2. The quantitative estimate of drug-likeness (QED) is 0.834. The van der Waals surface area contributed by atoms with Gasteiger partial charge >= 0.3 is 0 Å². The lowest BCUT2D eigenvalue weighted by Gasteiger charge is -2.32. The van der Waals surface area contributed by atoms with Crippen molar-refractivity contribution in [3.8, 4) is 0 Å². The summed E-state index contributed by atoms with van der Waals surface area (Å²) >= 11 is 0. The molecule has 0 bridgehead atoms. The van der Waals surface area contributed by atoms with Crippen LogP contribution in [0.25, 0.3) is 0 Å². The number of rotatable bonds is 4. The summed E-state index contributed by atoms with van der Waals surface area (Å²) in [5, 5.41) is 5.93. The van der Waals surface area contributed by atoms with Crippen molar-refractivity contribution in [2.24, 2.45) is 0 Å². The Morgan fingerprint density at radius 2 is 2.00 bits per heavy atom. The number of piperidine rings is 1. The van der Waals surface area contributed by atoms with Crippen LogP contribution >= 0.6 is 0 Å². The molecule has 2 aromatic carbocycles. The first-order valence-corrected chi connectivity index (χ1v) is 10.2. The highest BCUT2D eigenvalue weighted by Gasteiger charge is 2.23. The van der Waals surface area contributed by atoms with Crippen LogP contribution in [0.2, 0.25) is 0 Å². The lowest BCUT2D eigenvalue weighted by molar-refractivity contribution is -0.116. The van der Waals surface area contributed by atoms with E-state index in [2.05, 4.69) is 33.7 Å². The van der Waals surface area contributed by atoms with Crippen molar-refractivity contribution in [2.75, 3.05) is 18.4 Å². The Bertz CT molecular complexity index is 936. The second-order valence-corrected chi connectivity index (χ2v) is 8.00. The van der Waals surface area contributed by atoms with Crippen molar-refractivity contribution in [1.82, 2.24) is 10.2 Å². The molecule has 152 valence electrons. The first-order valence-electron chi connectivity index (χ1n) is 10.2. The van der Waals surface area contributed by atoms with Crippen LogP contribution in [-0.2, 0) is 17.8 Å². The van der Waals surface area contributed by atoms with E-state index in [1.54, 1.807) is 19.1 Å². The zero-order chi connectivity index (χ0) is 20.4. The van der Waals surface area contributed by atoms with Crippen LogP contribution in [-0.4, -0.2) is 35.8 Å². The number of nitrogens with zero attached hydrogens (tertiary/aromatic N) is 1. The first kappa shape index (κ1) is 19.6. The molecule has 6 heteroatoms. The Morgan fingerprint density at radius 3 is 2.79 bits per heavy atom. The van der Waals surface area contributed by atoms with Gasteiger partial charge in [-0.05, 0) is 55.0 Å². The number of carbonyl (C=O) groups excluding carboxylic acids is 2. The van der Waals surface area contributed by atoms with Crippen molar-refractivity contribution in [1.29, 1.82) is 0 Å². The largest absolute Gasteiger partial charge is 0.349 e. The van der Waals surface area contributed by atoms with Crippen molar-refractivity contribution in [3.63, 3.8) is 0 Å². The van der Waals surface area contributed by atoms with Gasteiger partial charge in [0.2, 0.25) is 5.91 Å². The highest BCUT2D eigenvalue weighted by molar-refractivity contribution is 5.95. The van der Waals surface area contributed by atoms with E-state index in [0.29, 0.717) is 12.0 Å². The Kier molecular flexibility index (Phi) is 5.62. The number of benzene rings is 2. The highest BCUT2D eigenvalue weighted by atomic mass is 19.1. The molecule has 2 aliphatic rings. The molecule has 5 nitrogen and oxygen atoms in total. The zero-order valence-electron chi connectivity index (χ0n) is 16.6. The normalized spacial score (nSPS) is 17.5. The van der Waals surface area contributed by atoms with Crippen LogP contribution < -0.4 is 10.6 Å². The highest BCUT2D eigenvalue weighted by Crippen LogP contribution is 2.25. The molecule has 1 fully saturated rings. The van der Waals surface area contributed by atoms with Gasteiger partial charge in [0, 0.05) is 37.8 Å². The summed E-state index contributed by atoms with van der Waals surface area (Å²) in [7, 11) is 0. The van der Waals surface area contributed by atoms with Crippen LogP contribution in [0.1, 0.15) is 46.3 Å². The van der Waals surface area contributed by atoms with Crippen LogP contribution in [0.4, 0.5) is 10.1 Å². The Balaban J connectivity index is 1.31. The molecule has 4 rings (SSSR count). The third-order valence-corrected chi connectivity index (χ3v) is 5.84. The molecule has 29 heavy (non-hydrogen) atoms. The number of carbonyl (C=O) groups is 2. The zero-order valence-corrected chi connectivity index (χ0v) is 16.6. The monoisotopic (exact) mass is 395 g/mol. The lowest BCUT2D eigenvalue weighted by atomic mass is 9.99. The van der Waals surface area contributed by atoms with E-state index in [0.717, 1.165) is 44.6 Å². The number of aryl methyl sites for hydroxylation is 2. The number of halogens is 1. The van der Waals surface area contributed by atoms with Gasteiger partial charge in [-0.2, -0.15) is 0 Å². The average molecular weight is 395 g/mol. The van der Waals surface area contributed by atoms with Crippen molar-refractivity contribution in [3.05, 3.63) is 64.5 Å². The van der Waals surface area contributed by atoms with E-state index in [1.165, 1.54) is 17.2 Å². The summed E-state index contributed by atoms with van der Waals surface area (Å²) in [5.74, 6) is -0.701. The molecule has 2 heterocycles. The van der Waals surface area contributed by atoms with Crippen LogP contribution in [0.5, 0.6) is 0 Å². The maximum absolute atomic E-state index is 14.2. The number of hydrogen-bond acceptors (Lipinski definition) is 3. The van der Waals surface area contributed by atoms with Gasteiger partial charge in [-0.1, -0.05) is 24.3 Å². The second-order valence-electron chi connectivity index (χ2n) is 8.00. The van der Waals surface area contributed by atoms with Gasteiger partial charge in [0.25, 0.3) is 5.91 Å². The number of fused-ring (bicyclic) bond motifs is 1. The molecule has 2 aromatic rings. The molecule has 2 N–H and O–H groups in total. The molecule has 0 saturated carbocycles. The van der Waals surface area contributed by atoms with Crippen LogP contribution in [0, 0.1) is 12.7 Å². The van der Waals surface area contributed by atoms with E-state index in [4.69, 9.17) is 0 Å². The van der Waals surface area contributed by atoms with Gasteiger partial charge in [-0.15, -0.1) is 0 Å². The standard InChI is InChI=1S/C23H26FN3O2/c1-15-3-2-4-19(22(15)24)23(29)25-18-9-11-27(12-10-18)14-16-5-6-17-7-8-21(28)26-20(17)13-16/h2-6,13,18H,7-12,14H2,1H3,(H,25,29)(H,26,28). The predicted octanol–water partition coefficient (Wildman–Crippen LogP) is 3.41. The van der Waals surface area contributed by atoms with E-state index in [9.17, 15) is 14.0 Å². The van der Waals surface area contributed by atoms with E-state index in [-0.39, 0.29) is 23.4 Å². The molecule has 0 aromatic heterocycles. The number of amides is 2. The van der Waals surface area contributed by atoms with Crippen molar-refractivity contribution < 1.29 is 14.0 Å². The molecule has 0 radical (unpaired) electrons. The van der Waals surface area contributed by atoms with Gasteiger partial charge in [-0.25, -0.2) is 4.39 Å². The summed E-state index contributed by atoms with van der Waals surface area (Å²) in [6, 6.07) is 11.3. The first-order chi connectivity index (χ1) is 14.0. The molecule has 2 aliphatic heterocycles. The van der Waals surface area contributed by atoms with Crippen LogP contribution in [0.3, 0.4) is 0 Å². The molecule has 0 unspecified atom stereocenters. The van der Waals surface area contributed by atoms with Gasteiger partial charge in [0.15, 0.2) is 0 Å². The SMILES string of the molecule is Cc1cccc(C(=O)NC2CCN(Cc3ccc4c(c3)NC(=O)CC4)CC2)c1F. The third kappa shape index (κ3) is 4.48. The molecule has 0 aliphatic carbocycles. The number of nitrogens with one attached hydrogen (secondary N) is 2. The summed E-state index contributed by atoms with van der Waals surface area (Å²) in [4.78, 5) is 26.4. The molecular formula is C23H26FN3O2. The van der Waals surface area contributed by atoms with E-state index < -0.39 is 5.82 Å². The molecular weight excluding hydrogens is 369 g/mol. The fourth-order valence-corrected chi connectivity index (χ4v) is 4.10. The van der Waals surface area contributed by atoms with Crippen LogP contribution in [0.15, 0.2) is 36.4 Å². The molecule has 0 spiro atoms. The fourth-order valence-electron chi connectivity index (χ4n) is 4.10.